The summed E-state index contributed by atoms with van der Waals surface area (Å²) in [7, 11) is 0. The third kappa shape index (κ3) is 1.36. The number of halogens is 1. The maximum Gasteiger partial charge on any atom is 0.133 e. The van der Waals surface area contributed by atoms with Crippen LogP contribution in [0.25, 0.3) is 0 Å². The van der Waals surface area contributed by atoms with Gasteiger partial charge in [0.15, 0.2) is 0 Å². The number of nitrogens with zero attached hydrogens (tertiary/aromatic N) is 2. The number of aliphatic hydroxyl groups is 1. The fraction of sp³-hybridized carbons (Fsp3) is 0.667. The normalized spacial score (nSPS) is 19.5. The highest BCUT2D eigenvalue weighted by molar-refractivity contribution is 6.30. The van der Waals surface area contributed by atoms with Crippen LogP contribution in [0.2, 0.25) is 5.15 Å². The molecule has 0 aromatic carbocycles. The Bertz CT molecular complexity index is 328. The van der Waals surface area contributed by atoms with E-state index in [1.165, 1.54) is 0 Å². The lowest BCUT2D eigenvalue weighted by Crippen LogP contribution is -2.06. The topological polar surface area (TPSA) is 38.0 Å². The molecule has 2 rings (SSSR count). The van der Waals surface area contributed by atoms with Gasteiger partial charge in [-0.3, -0.25) is 4.68 Å². The first-order chi connectivity index (χ1) is 6.04. The Kier molecular flexibility index (Phi) is 1.89. The van der Waals surface area contributed by atoms with E-state index in [0.29, 0.717) is 5.15 Å². The first-order valence-corrected chi connectivity index (χ1v) is 4.88. The molecule has 1 saturated carbocycles. The summed E-state index contributed by atoms with van der Waals surface area (Å²) in [6, 6.07) is 0.239. The molecule has 4 heteroatoms. The molecule has 0 unspecified atom stereocenters. The fourth-order valence-corrected chi connectivity index (χ4v) is 1.87. The fourth-order valence-electron chi connectivity index (χ4n) is 1.41. The first-order valence-electron chi connectivity index (χ1n) is 4.50. The molecule has 0 aliphatic heterocycles. The van der Waals surface area contributed by atoms with E-state index in [1.807, 2.05) is 13.8 Å². The molecule has 1 aromatic rings. The highest BCUT2D eigenvalue weighted by Gasteiger charge is 2.45. The van der Waals surface area contributed by atoms with Gasteiger partial charge >= 0.3 is 0 Å². The summed E-state index contributed by atoms with van der Waals surface area (Å²) >= 11 is 6.08. The molecule has 1 aliphatic carbocycles. The standard InChI is InChI=1S/C9H13ClN2O/c1-6(2)12-8(10)7(5-11-12)9(13)3-4-9/h5-6,13H,3-4H2,1-2H3. The molecule has 0 saturated heterocycles. The molecule has 72 valence electrons. The molecule has 0 radical (unpaired) electrons. The van der Waals surface area contributed by atoms with Gasteiger partial charge in [-0.2, -0.15) is 5.10 Å². The largest absolute Gasteiger partial charge is 0.385 e. The van der Waals surface area contributed by atoms with E-state index in [0.717, 1.165) is 18.4 Å². The molecule has 1 aromatic heterocycles. The summed E-state index contributed by atoms with van der Waals surface area (Å²) in [4.78, 5) is 0. The number of hydrogen-bond acceptors (Lipinski definition) is 2. The monoisotopic (exact) mass is 200 g/mol. The zero-order valence-corrected chi connectivity index (χ0v) is 8.54. The van der Waals surface area contributed by atoms with E-state index in [1.54, 1.807) is 10.9 Å². The minimum Gasteiger partial charge on any atom is -0.385 e. The minimum absolute atomic E-state index is 0.239. The van der Waals surface area contributed by atoms with Crippen LogP contribution in [-0.4, -0.2) is 14.9 Å². The van der Waals surface area contributed by atoms with Gasteiger partial charge in [-0.25, -0.2) is 0 Å². The van der Waals surface area contributed by atoms with Gasteiger partial charge in [0.1, 0.15) is 5.15 Å². The van der Waals surface area contributed by atoms with Crippen molar-refractivity contribution in [2.75, 3.05) is 0 Å². The van der Waals surface area contributed by atoms with Gasteiger partial charge in [0.2, 0.25) is 0 Å². The molecule has 0 atom stereocenters. The predicted octanol–water partition coefficient (Wildman–Crippen LogP) is 2.10. The van der Waals surface area contributed by atoms with Crippen LogP contribution in [0.15, 0.2) is 6.20 Å². The van der Waals surface area contributed by atoms with Crippen LogP contribution in [0.5, 0.6) is 0 Å². The van der Waals surface area contributed by atoms with Crippen molar-refractivity contribution in [3.05, 3.63) is 16.9 Å². The van der Waals surface area contributed by atoms with Gasteiger partial charge in [-0.15, -0.1) is 0 Å². The summed E-state index contributed by atoms with van der Waals surface area (Å²) in [6.45, 7) is 4.03. The van der Waals surface area contributed by atoms with Crippen molar-refractivity contribution < 1.29 is 5.11 Å². The van der Waals surface area contributed by atoms with Crippen molar-refractivity contribution in [3.8, 4) is 0 Å². The molecule has 1 fully saturated rings. The van der Waals surface area contributed by atoms with Crippen molar-refractivity contribution >= 4 is 11.6 Å². The van der Waals surface area contributed by atoms with Crippen molar-refractivity contribution in [2.24, 2.45) is 0 Å². The van der Waals surface area contributed by atoms with Gasteiger partial charge in [0.25, 0.3) is 0 Å². The molecular weight excluding hydrogens is 188 g/mol. The van der Waals surface area contributed by atoms with E-state index in [2.05, 4.69) is 5.10 Å². The Morgan fingerprint density at radius 1 is 1.62 bits per heavy atom. The van der Waals surface area contributed by atoms with Crippen molar-refractivity contribution in [1.29, 1.82) is 0 Å². The van der Waals surface area contributed by atoms with E-state index in [-0.39, 0.29) is 6.04 Å². The maximum atomic E-state index is 9.84. The molecule has 0 bridgehead atoms. The van der Waals surface area contributed by atoms with Gasteiger partial charge in [-0.05, 0) is 26.7 Å². The minimum atomic E-state index is -0.676. The van der Waals surface area contributed by atoms with Crippen LogP contribution in [0.1, 0.15) is 38.3 Å². The van der Waals surface area contributed by atoms with Crippen LogP contribution in [0, 0.1) is 0 Å². The van der Waals surface area contributed by atoms with Crippen LogP contribution in [0.4, 0.5) is 0 Å². The molecule has 0 amide bonds. The quantitative estimate of drug-likeness (QED) is 0.794. The number of hydrogen-bond donors (Lipinski definition) is 1. The van der Waals surface area contributed by atoms with Gasteiger partial charge in [0, 0.05) is 11.6 Å². The predicted molar refractivity (Wildman–Crippen MR) is 50.8 cm³/mol. The lowest BCUT2D eigenvalue weighted by Gasteiger charge is -2.09. The average molecular weight is 201 g/mol. The Morgan fingerprint density at radius 3 is 2.62 bits per heavy atom. The first kappa shape index (κ1) is 9.03. The highest BCUT2D eigenvalue weighted by atomic mass is 35.5. The van der Waals surface area contributed by atoms with Crippen molar-refractivity contribution in [1.82, 2.24) is 9.78 Å². The number of aromatic nitrogens is 2. The van der Waals surface area contributed by atoms with E-state index >= 15 is 0 Å². The lowest BCUT2D eigenvalue weighted by atomic mass is 10.2. The summed E-state index contributed by atoms with van der Waals surface area (Å²) in [5.74, 6) is 0. The highest BCUT2D eigenvalue weighted by Crippen LogP contribution is 2.47. The number of rotatable bonds is 2. The van der Waals surface area contributed by atoms with Crippen LogP contribution in [-0.2, 0) is 5.60 Å². The molecule has 3 nitrogen and oxygen atoms in total. The van der Waals surface area contributed by atoms with Crippen LogP contribution in [0.3, 0.4) is 0 Å². The lowest BCUT2D eigenvalue weighted by molar-refractivity contribution is 0.151. The molecule has 0 spiro atoms. The summed E-state index contributed by atoms with van der Waals surface area (Å²) < 4.78 is 1.73. The zero-order valence-electron chi connectivity index (χ0n) is 7.79. The molecule has 1 heterocycles. The Hall–Kier alpha value is -0.540. The second-order valence-electron chi connectivity index (χ2n) is 3.92. The van der Waals surface area contributed by atoms with Crippen molar-refractivity contribution in [3.63, 3.8) is 0 Å². The Labute approximate surface area is 82.3 Å². The molecule has 1 aliphatic rings. The summed E-state index contributed by atoms with van der Waals surface area (Å²) in [6.07, 6.45) is 3.28. The second-order valence-corrected chi connectivity index (χ2v) is 4.28. The third-order valence-electron chi connectivity index (χ3n) is 2.45. The molecule has 1 N–H and O–H groups in total. The smallest absolute Gasteiger partial charge is 0.133 e. The SMILES string of the molecule is CC(C)n1ncc(C2(O)CC2)c1Cl. The average Bonchev–Trinajstić information content (AvgIpc) is 2.63. The zero-order chi connectivity index (χ0) is 9.64. The van der Waals surface area contributed by atoms with E-state index in [4.69, 9.17) is 11.6 Å². The summed E-state index contributed by atoms with van der Waals surface area (Å²) in [5, 5.41) is 14.6. The van der Waals surface area contributed by atoms with Crippen LogP contribution >= 0.6 is 11.6 Å². The van der Waals surface area contributed by atoms with Crippen molar-refractivity contribution in [2.45, 2.75) is 38.3 Å². The van der Waals surface area contributed by atoms with Gasteiger partial charge < -0.3 is 5.11 Å². The van der Waals surface area contributed by atoms with Crippen LogP contribution < -0.4 is 0 Å². The Balaban J connectivity index is 2.39. The summed E-state index contributed by atoms with van der Waals surface area (Å²) in [5.41, 5.74) is 0.104. The van der Waals surface area contributed by atoms with E-state index in [9.17, 15) is 5.11 Å². The van der Waals surface area contributed by atoms with Gasteiger partial charge in [-0.1, -0.05) is 11.6 Å². The maximum absolute atomic E-state index is 9.84. The van der Waals surface area contributed by atoms with E-state index < -0.39 is 5.60 Å². The molecular formula is C9H13ClN2O. The Morgan fingerprint density at radius 2 is 2.23 bits per heavy atom. The molecule has 13 heavy (non-hydrogen) atoms. The van der Waals surface area contributed by atoms with Gasteiger partial charge in [0.05, 0.1) is 11.8 Å². The third-order valence-corrected chi connectivity index (χ3v) is 2.83. The second kappa shape index (κ2) is 2.72.